The van der Waals surface area contributed by atoms with Crippen LogP contribution in [0.4, 0.5) is 0 Å². The Morgan fingerprint density at radius 2 is 2.11 bits per heavy atom. The van der Waals surface area contributed by atoms with E-state index in [2.05, 4.69) is 10.1 Å². The zero-order valence-corrected chi connectivity index (χ0v) is 12.1. The summed E-state index contributed by atoms with van der Waals surface area (Å²) in [5.41, 5.74) is 0.883. The second kappa shape index (κ2) is 6.93. The lowest BCUT2D eigenvalue weighted by Gasteiger charge is -2.04. The highest BCUT2D eigenvalue weighted by Crippen LogP contribution is 2.20. The van der Waals surface area contributed by atoms with Crippen LogP contribution in [-0.2, 0) is 5.75 Å². The first-order valence-electron chi connectivity index (χ1n) is 5.96. The van der Waals surface area contributed by atoms with Gasteiger partial charge in [0.15, 0.2) is 0 Å². The molecule has 0 fully saturated rings. The van der Waals surface area contributed by atoms with Gasteiger partial charge in [-0.2, -0.15) is 16.7 Å². The van der Waals surface area contributed by atoms with Crippen LogP contribution in [0.3, 0.4) is 0 Å². The number of aromatic nitrogens is 2. The molecule has 4 nitrogen and oxygen atoms in total. The van der Waals surface area contributed by atoms with Crippen molar-refractivity contribution in [3.63, 3.8) is 0 Å². The minimum absolute atomic E-state index is 0.201. The molecule has 0 saturated carbocycles. The lowest BCUT2D eigenvalue weighted by molar-refractivity contribution is 0.250. The fourth-order valence-electron chi connectivity index (χ4n) is 1.43. The smallest absolute Gasteiger partial charge is 0.236 e. The lowest BCUT2D eigenvalue weighted by atomic mass is 10.2. The molecule has 0 saturated heterocycles. The van der Waals surface area contributed by atoms with Gasteiger partial charge in [0.05, 0.1) is 5.75 Å². The molecule has 2 aromatic rings. The summed E-state index contributed by atoms with van der Waals surface area (Å²) < 4.78 is 5.19. The molecule has 0 bridgehead atoms. The number of thioether (sulfide) groups is 1. The fourth-order valence-corrected chi connectivity index (χ4v) is 2.47. The van der Waals surface area contributed by atoms with Gasteiger partial charge in [0, 0.05) is 17.2 Å². The number of aliphatic hydroxyl groups is 1. The van der Waals surface area contributed by atoms with E-state index in [-0.39, 0.29) is 12.5 Å². The SMILES string of the molecule is CC(CO)CSCc1nc(-c2ccc(Cl)cc2)no1. The van der Waals surface area contributed by atoms with Crippen LogP contribution in [0, 0.1) is 5.92 Å². The van der Waals surface area contributed by atoms with Crippen LogP contribution in [0.25, 0.3) is 11.4 Å². The van der Waals surface area contributed by atoms with Gasteiger partial charge < -0.3 is 9.63 Å². The van der Waals surface area contributed by atoms with Crippen molar-refractivity contribution in [2.24, 2.45) is 5.92 Å². The molecule has 0 radical (unpaired) electrons. The van der Waals surface area contributed by atoms with Gasteiger partial charge in [-0.1, -0.05) is 23.7 Å². The van der Waals surface area contributed by atoms with Crippen LogP contribution in [0.2, 0.25) is 5.02 Å². The molecular weight excluding hydrogens is 284 g/mol. The maximum absolute atomic E-state index is 8.93. The number of hydrogen-bond acceptors (Lipinski definition) is 5. The van der Waals surface area contributed by atoms with Crippen molar-refractivity contribution in [1.82, 2.24) is 10.1 Å². The zero-order valence-electron chi connectivity index (χ0n) is 10.5. The molecule has 1 aromatic heterocycles. The summed E-state index contributed by atoms with van der Waals surface area (Å²) in [4.78, 5) is 4.33. The summed E-state index contributed by atoms with van der Waals surface area (Å²) >= 11 is 7.50. The number of aliphatic hydroxyl groups excluding tert-OH is 1. The molecule has 0 spiro atoms. The molecule has 6 heteroatoms. The average Bonchev–Trinajstić information content (AvgIpc) is 2.88. The molecular formula is C13H15ClN2O2S. The van der Waals surface area contributed by atoms with Gasteiger partial charge in [0.1, 0.15) is 0 Å². The molecule has 19 heavy (non-hydrogen) atoms. The van der Waals surface area contributed by atoms with Crippen molar-refractivity contribution in [2.45, 2.75) is 12.7 Å². The van der Waals surface area contributed by atoms with E-state index < -0.39 is 0 Å². The molecule has 1 atom stereocenters. The Hall–Kier alpha value is -1.04. The predicted molar refractivity (Wildman–Crippen MR) is 77.2 cm³/mol. The van der Waals surface area contributed by atoms with Gasteiger partial charge in [0.2, 0.25) is 11.7 Å². The summed E-state index contributed by atoms with van der Waals surface area (Å²) in [6, 6.07) is 7.31. The molecule has 2 rings (SSSR count). The predicted octanol–water partition coefficient (Wildman–Crippen LogP) is 3.25. The van der Waals surface area contributed by atoms with E-state index >= 15 is 0 Å². The molecule has 1 heterocycles. The normalized spacial score (nSPS) is 12.6. The highest BCUT2D eigenvalue weighted by Gasteiger charge is 2.09. The molecule has 0 aliphatic heterocycles. The van der Waals surface area contributed by atoms with Crippen molar-refractivity contribution in [3.8, 4) is 11.4 Å². The first kappa shape index (κ1) is 14.4. The van der Waals surface area contributed by atoms with Gasteiger partial charge in [-0.05, 0) is 35.9 Å². The Morgan fingerprint density at radius 1 is 1.37 bits per heavy atom. The van der Waals surface area contributed by atoms with Crippen LogP contribution >= 0.6 is 23.4 Å². The third-order valence-corrected chi connectivity index (χ3v) is 4.02. The van der Waals surface area contributed by atoms with E-state index in [1.807, 2.05) is 19.1 Å². The molecule has 1 N–H and O–H groups in total. The Kier molecular flexibility index (Phi) is 5.24. The number of nitrogens with zero attached hydrogens (tertiary/aromatic N) is 2. The summed E-state index contributed by atoms with van der Waals surface area (Å²) in [5.74, 6) is 2.98. The van der Waals surface area contributed by atoms with Crippen LogP contribution in [-0.4, -0.2) is 27.6 Å². The molecule has 1 aromatic carbocycles. The maximum atomic E-state index is 8.93. The van der Waals surface area contributed by atoms with Gasteiger partial charge in [-0.25, -0.2) is 0 Å². The monoisotopic (exact) mass is 298 g/mol. The van der Waals surface area contributed by atoms with E-state index in [1.165, 1.54) is 0 Å². The van der Waals surface area contributed by atoms with Crippen molar-refractivity contribution in [2.75, 3.05) is 12.4 Å². The minimum Gasteiger partial charge on any atom is -0.396 e. The summed E-state index contributed by atoms with van der Waals surface area (Å²) in [7, 11) is 0. The Bertz CT molecular complexity index is 516. The van der Waals surface area contributed by atoms with E-state index in [0.717, 1.165) is 11.3 Å². The zero-order chi connectivity index (χ0) is 13.7. The Labute approximate surface area is 121 Å². The fraction of sp³-hybridized carbons (Fsp3) is 0.385. The molecule has 0 aliphatic rings. The summed E-state index contributed by atoms with van der Waals surface area (Å²) in [6.07, 6.45) is 0. The average molecular weight is 299 g/mol. The number of rotatable bonds is 6. The van der Waals surface area contributed by atoms with Gasteiger partial charge in [0.25, 0.3) is 0 Å². The second-order valence-corrected chi connectivity index (χ2v) is 5.79. The van der Waals surface area contributed by atoms with Crippen LogP contribution < -0.4 is 0 Å². The van der Waals surface area contributed by atoms with Gasteiger partial charge in [-0.3, -0.25) is 0 Å². The molecule has 0 amide bonds. The van der Waals surface area contributed by atoms with Crippen molar-refractivity contribution < 1.29 is 9.63 Å². The molecule has 1 unspecified atom stereocenters. The minimum atomic E-state index is 0.201. The standard InChI is InChI=1S/C13H15ClN2O2S/c1-9(6-17)7-19-8-12-15-13(16-18-12)10-2-4-11(14)5-3-10/h2-5,9,17H,6-8H2,1H3. The van der Waals surface area contributed by atoms with E-state index in [9.17, 15) is 0 Å². The topological polar surface area (TPSA) is 59.2 Å². The summed E-state index contributed by atoms with van der Waals surface area (Å²) in [6.45, 7) is 2.20. The largest absolute Gasteiger partial charge is 0.396 e. The van der Waals surface area contributed by atoms with E-state index in [0.29, 0.717) is 22.5 Å². The van der Waals surface area contributed by atoms with Crippen LogP contribution in [0.15, 0.2) is 28.8 Å². The van der Waals surface area contributed by atoms with Gasteiger partial charge >= 0.3 is 0 Å². The number of benzene rings is 1. The quantitative estimate of drug-likeness (QED) is 0.887. The Morgan fingerprint density at radius 3 is 2.79 bits per heavy atom. The van der Waals surface area contributed by atoms with Crippen molar-refractivity contribution in [3.05, 3.63) is 35.2 Å². The van der Waals surface area contributed by atoms with Crippen molar-refractivity contribution >= 4 is 23.4 Å². The van der Waals surface area contributed by atoms with Gasteiger partial charge in [-0.15, -0.1) is 0 Å². The third-order valence-electron chi connectivity index (χ3n) is 2.51. The lowest BCUT2D eigenvalue weighted by Crippen LogP contribution is -2.03. The molecule has 0 aliphatic carbocycles. The van der Waals surface area contributed by atoms with Crippen molar-refractivity contribution in [1.29, 1.82) is 0 Å². The highest BCUT2D eigenvalue weighted by molar-refractivity contribution is 7.98. The first-order chi connectivity index (χ1) is 9.19. The van der Waals surface area contributed by atoms with Crippen LogP contribution in [0.1, 0.15) is 12.8 Å². The second-order valence-electron chi connectivity index (χ2n) is 4.32. The number of halogens is 1. The first-order valence-corrected chi connectivity index (χ1v) is 7.49. The summed E-state index contributed by atoms with van der Waals surface area (Å²) in [5, 5.41) is 13.6. The molecule has 102 valence electrons. The van der Waals surface area contributed by atoms with E-state index in [1.54, 1.807) is 23.9 Å². The highest BCUT2D eigenvalue weighted by atomic mass is 35.5. The number of hydrogen-bond donors (Lipinski definition) is 1. The van der Waals surface area contributed by atoms with Crippen LogP contribution in [0.5, 0.6) is 0 Å². The maximum Gasteiger partial charge on any atom is 0.236 e. The Balaban J connectivity index is 1.93. The van der Waals surface area contributed by atoms with E-state index in [4.69, 9.17) is 21.2 Å². The third kappa shape index (κ3) is 4.23.